The number of amides is 2. The second kappa shape index (κ2) is 11.1. The average Bonchev–Trinajstić information content (AvgIpc) is 2.88. The molecule has 0 radical (unpaired) electrons. The second-order valence-electron chi connectivity index (χ2n) is 8.39. The molecule has 0 heterocycles. The molecule has 2 amide bonds. The summed E-state index contributed by atoms with van der Waals surface area (Å²) in [4.78, 5) is 26.7. The van der Waals surface area contributed by atoms with Crippen LogP contribution < -0.4 is 8.01 Å². The van der Waals surface area contributed by atoms with E-state index < -0.39 is 64.7 Å². The van der Waals surface area contributed by atoms with Gasteiger partial charge in [-0.05, 0) is 48.5 Å². The van der Waals surface area contributed by atoms with Crippen LogP contribution in [0.1, 0.15) is 31.8 Å². The third-order valence-corrected chi connectivity index (χ3v) is 6.69. The molecule has 0 saturated heterocycles. The van der Waals surface area contributed by atoms with Crippen molar-refractivity contribution in [2.24, 2.45) is 0 Å². The molecular weight excluding hydrogens is 696 g/mol. The topological polar surface area (TPSA) is 40.6 Å². The minimum atomic E-state index is -6.66. The first-order chi connectivity index (χ1) is 18.7. The number of benzene rings is 3. The molecule has 0 spiro atoms. The van der Waals surface area contributed by atoms with Gasteiger partial charge in [-0.15, -0.1) is 0 Å². The third kappa shape index (κ3) is 6.25. The van der Waals surface area contributed by atoms with E-state index >= 15 is 0 Å². The molecule has 3 rings (SSSR count). The van der Waals surface area contributed by atoms with Crippen molar-refractivity contribution >= 4 is 46.1 Å². The Balaban J connectivity index is 2.03. The Morgan fingerprint density at radius 1 is 0.707 bits per heavy atom. The normalized spacial score (nSPS) is 12.7. The van der Waals surface area contributed by atoms with Crippen LogP contribution in [-0.2, 0) is 11.8 Å². The van der Waals surface area contributed by atoms with E-state index in [0.717, 1.165) is 52.0 Å². The van der Waals surface area contributed by atoms with Crippen LogP contribution in [-0.4, -0.2) is 31.2 Å². The molecule has 0 aromatic heterocycles. The van der Waals surface area contributed by atoms with Gasteiger partial charge >= 0.3 is 24.2 Å². The first-order valence-electron chi connectivity index (χ1n) is 10.9. The van der Waals surface area contributed by atoms with E-state index in [1.807, 2.05) is 0 Å². The summed E-state index contributed by atoms with van der Waals surface area (Å²) in [7, 11) is 1.25. The van der Waals surface area contributed by atoms with E-state index in [-0.39, 0.29) is 32.1 Å². The van der Waals surface area contributed by atoms with Crippen molar-refractivity contribution in [3.05, 3.63) is 94.8 Å². The highest BCUT2D eigenvalue weighted by atomic mass is 127. The van der Waals surface area contributed by atoms with Crippen molar-refractivity contribution in [1.82, 2.24) is 0 Å². The fourth-order valence-corrected chi connectivity index (χ4v) is 4.34. The maximum atomic E-state index is 14.4. The van der Waals surface area contributed by atoms with Gasteiger partial charge in [0.15, 0.2) is 0 Å². The molecule has 220 valence electrons. The Bertz CT molecular complexity index is 1450. The zero-order valence-electron chi connectivity index (χ0n) is 20.1. The number of alkyl halides is 10. The zero-order chi connectivity index (χ0) is 31.1. The Labute approximate surface area is 237 Å². The van der Waals surface area contributed by atoms with Gasteiger partial charge in [-0.1, -0.05) is 18.2 Å². The fraction of sp³-hybridized carbons (Fsp3) is 0.200. The molecule has 3 aromatic rings. The summed E-state index contributed by atoms with van der Waals surface area (Å²) in [5, 5.41) is 0. The summed E-state index contributed by atoms with van der Waals surface area (Å²) in [5.41, 5.74) is -12.2. The lowest BCUT2D eigenvalue weighted by molar-refractivity contribution is -0.348. The number of nitrogens with zero attached hydrogens (tertiary/aromatic N) is 2. The van der Waals surface area contributed by atoms with Crippen molar-refractivity contribution in [3.8, 4) is 0 Å². The summed E-state index contributed by atoms with van der Waals surface area (Å²) in [6.45, 7) is 0. The highest BCUT2D eigenvalue weighted by Gasteiger charge is 2.73. The minimum Gasteiger partial charge on any atom is -0.311 e. The Hall–Kier alpha value is -3.44. The lowest BCUT2D eigenvalue weighted by atomic mass is 9.92. The van der Waals surface area contributed by atoms with E-state index in [0.29, 0.717) is 0 Å². The maximum Gasteiger partial charge on any atom is 0.435 e. The molecule has 0 saturated carbocycles. The first kappa shape index (κ1) is 32.1. The third-order valence-electron chi connectivity index (χ3n) is 5.73. The molecule has 0 unspecified atom stereocenters. The standard InChI is InChI=1S/C25H14F11IN2O2/c1-38(20(40)13-4-2-6-16(26)10-13)17-7-3-5-14(11-17)21(41)39(37)19-9-8-15(12-18(19)23(28,29)30)22(27,24(31,32)33)25(34,35)36/h2-12H,1H3. The first-order valence-corrected chi connectivity index (χ1v) is 11.8. The fourth-order valence-electron chi connectivity index (χ4n) is 3.64. The number of anilines is 2. The van der Waals surface area contributed by atoms with Crippen molar-refractivity contribution in [3.63, 3.8) is 0 Å². The van der Waals surface area contributed by atoms with Crippen LogP contribution in [0.5, 0.6) is 0 Å². The van der Waals surface area contributed by atoms with Gasteiger partial charge in [-0.25, -0.2) is 11.9 Å². The number of carbonyl (C=O) groups is 2. The molecule has 0 aliphatic carbocycles. The quantitative estimate of drug-likeness (QED) is 0.152. The van der Waals surface area contributed by atoms with E-state index in [1.165, 1.54) is 31.3 Å². The molecule has 16 heteroatoms. The van der Waals surface area contributed by atoms with Crippen LogP contribution >= 0.6 is 22.9 Å². The molecule has 3 aromatic carbocycles. The molecule has 41 heavy (non-hydrogen) atoms. The highest BCUT2D eigenvalue weighted by Crippen LogP contribution is 2.54. The van der Waals surface area contributed by atoms with E-state index in [1.54, 1.807) is 0 Å². The van der Waals surface area contributed by atoms with Crippen molar-refractivity contribution in [1.29, 1.82) is 0 Å². The van der Waals surface area contributed by atoms with Crippen molar-refractivity contribution in [2.75, 3.05) is 15.1 Å². The van der Waals surface area contributed by atoms with Crippen LogP contribution in [0.15, 0.2) is 66.7 Å². The van der Waals surface area contributed by atoms with Gasteiger partial charge < -0.3 is 4.90 Å². The Kier molecular flexibility index (Phi) is 8.68. The monoisotopic (exact) mass is 710 g/mol. The average molecular weight is 710 g/mol. The molecule has 0 aliphatic rings. The molecular formula is C25H14F11IN2O2. The van der Waals surface area contributed by atoms with Gasteiger partial charge in [-0.3, -0.25) is 9.59 Å². The number of hydrogen-bond acceptors (Lipinski definition) is 2. The molecule has 4 nitrogen and oxygen atoms in total. The smallest absolute Gasteiger partial charge is 0.311 e. The van der Waals surface area contributed by atoms with Crippen LogP contribution in [0.3, 0.4) is 0 Å². The van der Waals surface area contributed by atoms with Crippen molar-refractivity contribution < 1.29 is 57.9 Å². The van der Waals surface area contributed by atoms with Gasteiger partial charge in [0, 0.05) is 29.4 Å². The summed E-state index contributed by atoms with van der Waals surface area (Å²) >= 11 is 1.05. The van der Waals surface area contributed by atoms with Gasteiger partial charge in [-0.2, -0.15) is 39.5 Å². The molecule has 0 aliphatic heterocycles. The minimum absolute atomic E-state index is 0.0267. The Morgan fingerprint density at radius 3 is 1.76 bits per heavy atom. The highest BCUT2D eigenvalue weighted by molar-refractivity contribution is 14.1. The lowest BCUT2D eigenvalue weighted by Gasteiger charge is -2.31. The summed E-state index contributed by atoms with van der Waals surface area (Å²) < 4.78 is 148. The summed E-state index contributed by atoms with van der Waals surface area (Å²) in [6, 6.07) is 8.64. The SMILES string of the molecule is CN(C(=O)c1cccc(F)c1)c1cccc(C(=O)N(I)c2ccc(C(F)(C(F)(F)F)C(F)(F)F)cc2C(F)(F)F)c1. The summed E-state index contributed by atoms with van der Waals surface area (Å²) in [6.07, 6.45) is -18.9. The molecule has 0 fully saturated rings. The van der Waals surface area contributed by atoms with Crippen molar-refractivity contribution in [2.45, 2.75) is 24.2 Å². The van der Waals surface area contributed by atoms with Crippen LogP contribution in [0.4, 0.5) is 59.7 Å². The van der Waals surface area contributed by atoms with Crippen LogP contribution in [0, 0.1) is 5.82 Å². The molecule has 0 bridgehead atoms. The van der Waals surface area contributed by atoms with Gasteiger partial charge in [0.05, 0.1) is 34.1 Å². The van der Waals surface area contributed by atoms with Crippen LogP contribution in [0.25, 0.3) is 0 Å². The van der Waals surface area contributed by atoms with E-state index in [9.17, 15) is 57.9 Å². The number of hydrogen-bond donors (Lipinski definition) is 0. The molecule has 0 atom stereocenters. The summed E-state index contributed by atoms with van der Waals surface area (Å²) in [5.74, 6) is -2.66. The van der Waals surface area contributed by atoms with Gasteiger partial charge in [0.2, 0.25) is 0 Å². The van der Waals surface area contributed by atoms with E-state index in [4.69, 9.17) is 0 Å². The second-order valence-corrected chi connectivity index (χ2v) is 9.36. The zero-order valence-corrected chi connectivity index (χ0v) is 22.3. The maximum absolute atomic E-state index is 14.4. The predicted molar refractivity (Wildman–Crippen MR) is 133 cm³/mol. The lowest BCUT2D eigenvalue weighted by Crippen LogP contribution is -2.50. The van der Waals surface area contributed by atoms with Crippen LogP contribution in [0.2, 0.25) is 0 Å². The number of halogens is 12. The number of rotatable bonds is 5. The largest absolute Gasteiger partial charge is 0.435 e. The van der Waals surface area contributed by atoms with E-state index in [2.05, 4.69) is 0 Å². The molecule has 0 N–H and O–H groups in total. The van der Waals surface area contributed by atoms with Gasteiger partial charge in [0.1, 0.15) is 5.82 Å². The predicted octanol–water partition coefficient (Wildman–Crippen LogP) is 8.41. The Morgan fingerprint density at radius 2 is 1.24 bits per heavy atom. The number of carbonyl (C=O) groups excluding carboxylic acids is 2. The van der Waals surface area contributed by atoms with Gasteiger partial charge in [0.25, 0.3) is 11.8 Å².